The normalized spacial score (nSPS) is 17.8. The van der Waals surface area contributed by atoms with Crippen LogP contribution in [0.5, 0.6) is 0 Å². The first-order valence-electron chi connectivity index (χ1n) is 8.47. The summed E-state index contributed by atoms with van der Waals surface area (Å²) in [6, 6.07) is 11.3. The summed E-state index contributed by atoms with van der Waals surface area (Å²) in [6.07, 6.45) is 14.2. The van der Waals surface area contributed by atoms with Gasteiger partial charge in [0.2, 0.25) is 0 Å². The molecule has 0 atom stereocenters. The van der Waals surface area contributed by atoms with E-state index in [1.165, 1.54) is 50.7 Å². The van der Waals surface area contributed by atoms with Gasteiger partial charge in [0.25, 0.3) is 0 Å². The molecule has 5 rings (SSSR count). The summed E-state index contributed by atoms with van der Waals surface area (Å²) in [4.78, 5) is 5.23. The molecule has 23 heavy (non-hydrogen) atoms. The zero-order valence-electron chi connectivity index (χ0n) is 13.0. The van der Waals surface area contributed by atoms with Crippen molar-refractivity contribution in [2.45, 2.75) is 31.6 Å². The van der Waals surface area contributed by atoms with Gasteiger partial charge in [0.1, 0.15) is 0 Å². The number of aromatic nitrogens is 1. The van der Waals surface area contributed by atoms with E-state index in [2.05, 4.69) is 54.6 Å². The molecule has 3 aliphatic rings. The molecular formula is C21H18HfN. The predicted octanol–water partition coefficient (Wildman–Crippen LogP) is 3.93. The van der Waals surface area contributed by atoms with Gasteiger partial charge < -0.3 is 0 Å². The van der Waals surface area contributed by atoms with E-state index in [-0.39, 0.29) is 0 Å². The fraction of sp³-hybridized carbons (Fsp3) is 0.238. The molecule has 2 heteroatoms. The minimum absolute atomic E-state index is 0.448. The molecule has 1 aromatic carbocycles. The van der Waals surface area contributed by atoms with E-state index in [4.69, 9.17) is 4.98 Å². The van der Waals surface area contributed by atoms with Crippen LogP contribution in [0.4, 0.5) is 0 Å². The van der Waals surface area contributed by atoms with Gasteiger partial charge in [0, 0.05) is 0 Å². The third-order valence-electron chi connectivity index (χ3n) is 5.16. The number of nitrogens with zero attached hydrogens (tertiary/aromatic N) is 1. The molecule has 0 spiro atoms. The zero-order valence-corrected chi connectivity index (χ0v) is 16.6. The van der Waals surface area contributed by atoms with Crippen molar-refractivity contribution >= 4 is 6.71 Å². The maximum atomic E-state index is 5.23. The van der Waals surface area contributed by atoms with Crippen LogP contribution in [-0.2, 0) is 28.8 Å². The number of fused-ring (bicyclic) bond motifs is 3. The van der Waals surface area contributed by atoms with E-state index in [9.17, 15) is 0 Å². The van der Waals surface area contributed by atoms with Crippen molar-refractivity contribution in [2.75, 3.05) is 0 Å². The summed E-state index contributed by atoms with van der Waals surface area (Å²) in [5.74, 6) is 0.448. The van der Waals surface area contributed by atoms with E-state index in [0.29, 0.717) is 5.92 Å². The van der Waals surface area contributed by atoms with Crippen LogP contribution in [0.1, 0.15) is 42.0 Å². The number of hydrogen-bond acceptors (Lipinski definition) is 1. The topological polar surface area (TPSA) is 12.9 Å². The monoisotopic (exact) mass is 464 g/mol. The predicted molar refractivity (Wildman–Crippen MR) is 92.0 cm³/mol. The number of pyridine rings is 1. The van der Waals surface area contributed by atoms with Crippen LogP contribution in [-0.4, -0.2) is 8.24 Å². The quantitative estimate of drug-likeness (QED) is 0.526. The first-order valence-corrected chi connectivity index (χ1v) is 12.1. The van der Waals surface area contributed by atoms with Crippen molar-refractivity contribution < 1.29 is 22.4 Å². The Morgan fingerprint density at radius 1 is 1.00 bits per heavy atom. The van der Waals surface area contributed by atoms with Gasteiger partial charge in [-0.1, -0.05) is 0 Å². The van der Waals surface area contributed by atoms with Gasteiger partial charge in [-0.3, -0.25) is 0 Å². The SMILES string of the molecule is C1=CC(c2cc3c(n[c]2[Hf]=[C]2CCC2)Cc2ccccc2-3)C=C1. The second-order valence-electron chi connectivity index (χ2n) is 6.63. The molecule has 0 aliphatic heterocycles. The molecule has 0 amide bonds. The molecule has 1 saturated carbocycles. The average Bonchev–Trinajstić information content (AvgIpc) is 3.17. The molecule has 1 nitrogen and oxygen atoms in total. The van der Waals surface area contributed by atoms with Crippen molar-refractivity contribution in [3.63, 3.8) is 0 Å². The number of hydrogen-bond donors (Lipinski definition) is 0. The Morgan fingerprint density at radius 3 is 2.61 bits per heavy atom. The Hall–Kier alpha value is -1.41. The molecule has 0 saturated heterocycles. The molecule has 0 radical (unpaired) electrons. The second kappa shape index (κ2) is 5.59. The minimum atomic E-state index is -0.893. The number of allylic oxidation sites excluding steroid dienone is 4. The first kappa shape index (κ1) is 14.0. The van der Waals surface area contributed by atoms with Gasteiger partial charge in [-0.15, -0.1) is 0 Å². The van der Waals surface area contributed by atoms with Crippen molar-refractivity contribution in [3.8, 4) is 11.1 Å². The summed E-state index contributed by atoms with van der Waals surface area (Å²) in [6.45, 7) is 0. The van der Waals surface area contributed by atoms with E-state index in [1.54, 1.807) is 0 Å². The molecule has 0 unspecified atom stereocenters. The molecule has 1 heterocycles. The van der Waals surface area contributed by atoms with E-state index in [0.717, 1.165) is 6.42 Å². The van der Waals surface area contributed by atoms with Crippen molar-refractivity contribution in [3.05, 3.63) is 71.5 Å². The van der Waals surface area contributed by atoms with Crippen molar-refractivity contribution in [2.24, 2.45) is 0 Å². The summed E-state index contributed by atoms with van der Waals surface area (Å²) in [5, 5.41) is 0. The Labute approximate surface area is 148 Å². The zero-order chi connectivity index (χ0) is 15.2. The van der Waals surface area contributed by atoms with Crippen LogP contribution in [0, 0.1) is 0 Å². The third kappa shape index (κ3) is 2.39. The summed E-state index contributed by atoms with van der Waals surface area (Å²) >= 11 is -0.893. The van der Waals surface area contributed by atoms with E-state index < -0.39 is 22.4 Å². The number of benzene rings is 1. The Morgan fingerprint density at radius 2 is 1.83 bits per heavy atom. The third-order valence-corrected chi connectivity index (χ3v) is 10.5. The molecule has 1 aromatic heterocycles. The van der Waals surface area contributed by atoms with Gasteiger partial charge >= 0.3 is 148 Å². The van der Waals surface area contributed by atoms with E-state index in [1.807, 2.05) is 3.26 Å². The Bertz CT molecular complexity index is 871. The van der Waals surface area contributed by atoms with Gasteiger partial charge in [0.15, 0.2) is 0 Å². The van der Waals surface area contributed by atoms with Crippen LogP contribution >= 0.6 is 0 Å². The maximum absolute atomic E-state index is 5.23. The molecule has 3 aliphatic carbocycles. The molecule has 1 fully saturated rings. The van der Waals surface area contributed by atoms with Gasteiger partial charge in [-0.2, -0.15) is 0 Å². The fourth-order valence-corrected chi connectivity index (χ4v) is 9.13. The summed E-state index contributed by atoms with van der Waals surface area (Å²) in [5.41, 5.74) is 7.05. The molecule has 111 valence electrons. The Kier molecular flexibility index (Phi) is 3.40. The summed E-state index contributed by atoms with van der Waals surface area (Å²) < 4.78 is 3.38. The fourth-order valence-electron chi connectivity index (χ4n) is 3.69. The van der Waals surface area contributed by atoms with Gasteiger partial charge in [-0.25, -0.2) is 0 Å². The second-order valence-corrected chi connectivity index (χ2v) is 11.8. The summed E-state index contributed by atoms with van der Waals surface area (Å²) in [7, 11) is 0. The van der Waals surface area contributed by atoms with Crippen LogP contribution in [0.25, 0.3) is 11.1 Å². The molecule has 0 bridgehead atoms. The van der Waals surface area contributed by atoms with Crippen LogP contribution in [0.3, 0.4) is 0 Å². The molecule has 2 aromatic rings. The first-order chi connectivity index (χ1) is 11.4. The molecular weight excluding hydrogens is 445 g/mol. The van der Waals surface area contributed by atoms with Crippen LogP contribution in [0.15, 0.2) is 54.6 Å². The van der Waals surface area contributed by atoms with Crippen LogP contribution in [0.2, 0.25) is 0 Å². The average molecular weight is 463 g/mol. The van der Waals surface area contributed by atoms with Crippen molar-refractivity contribution in [1.82, 2.24) is 4.98 Å². The Balaban J connectivity index is 1.69. The van der Waals surface area contributed by atoms with E-state index >= 15 is 0 Å². The molecule has 0 N–H and O–H groups in total. The van der Waals surface area contributed by atoms with Gasteiger partial charge in [-0.05, 0) is 0 Å². The van der Waals surface area contributed by atoms with Crippen molar-refractivity contribution in [1.29, 1.82) is 0 Å². The van der Waals surface area contributed by atoms with Gasteiger partial charge in [0.05, 0.1) is 0 Å². The van der Waals surface area contributed by atoms with Crippen LogP contribution < -0.4 is 3.45 Å². The number of rotatable bonds is 2. The standard InChI is InChI=1S/C17H12N.C4H6.Hf/c1-2-6-12(5-1)14-9-16-15-8-4-3-7-13(15)10-17(16)18-11-14;1-2-4-3-1;/h1-9,12H,10H2;1-3H2;.